The second-order valence-corrected chi connectivity index (χ2v) is 5.05. The molecular weight excluding hydrogens is 350 g/mol. The van der Waals surface area contributed by atoms with Gasteiger partial charge in [0.25, 0.3) is 0 Å². The number of aliphatic carboxylic acids is 1. The molecule has 104 valence electrons. The van der Waals surface area contributed by atoms with Crippen LogP contribution in [0.3, 0.4) is 0 Å². The fourth-order valence-electron chi connectivity index (χ4n) is 1.71. The minimum absolute atomic E-state index is 0. The third-order valence-electron chi connectivity index (χ3n) is 2.63. The van der Waals surface area contributed by atoms with Gasteiger partial charge in [0.05, 0.1) is 0 Å². The number of rotatable bonds is 3. The summed E-state index contributed by atoms with van der Waals surface area (Å²) >= 11 is 1.46. The van der Waals surface area contributed by atoms with E-state index >= 15 is 0 Å². The van der Waals surface area contributed by atoms with Crippen molar-refractivity contribution < 1.29 is 9.90 Å². The van der Waals surface area contributed by atoms with Gasteiger partial charge in [-0.2, -0.15) is 0 Å². The summed E-state index contributed by atoms with van der Waals surface area (Å²) in [6, 6.07) is 6.96. The molecule has 7 heteroatoms. The summed E-state index contributed by atoms with van der Waals surface area (Å²) in [4.78, 5) is 14.9. The molecule has 2 aromatic rings. The van der Waals surface area contributed by atoms with Gasteiger partial charge in [-0.1, -0.05) is 0 Å². The molecule has 1 aromatic heterocycles. The van der Waals surface area contributed by atoms with Gasteiger partial charge in [-0.3, -0.25) is 0 Å². The van der Waals surface area contributed by atoms with Gasteiger partial charge in [0.15, 0.2) is 0 Å². The average molecular weight is 365 g/mol. The summed E-state index contributed by atoms with van der Waals surface area (Å²) in [6.45, 7) is 0. The molecule has 0 saturated carbocycles. The number of fused-ring (bicyclic) bond motifs is 1. The molecule has 0 spiro atoms. The molecule has 1 aromatic carbocycles. The van der Waals surface area contributed by atoms with Gasteiger partial charge in [0, 0.05) is 0 Å². The van der Waals surface area contributed by atoms with Gasteiger partial charge in [-0.05, 0) is 0 Å². The van der Waals surface area contributed by atoms with Crippen LogP contribution in [0.4, 0.5) is 0 Å². The molecule has 0 radical (unpaired) electrons. The van der Waals surface area contributed by atoms with Crippen molar-refractivity contribution >= 4 is 62.9 Å². The number of carboxylic acids is 1. The zero-order chi connectivity index (χ0) is 12.4. The van der Waals surface area contributed by atoms with Crippen molar-refractivity contribution in [2.24, 2.45) is 5.73 Å². The molecule has 2 unspecified atom stereocenters. The molecule has 0 amide bonds. The number of hydrogen-bond acceptors (Lipinski definition) is 3. The van der Waals surface area contributed by atoms with Crippen molar-refractivity contribution in [3.63, 3.8) is 0 Å². The van der Waals surface area contributed by atoms with E-state index in [0.29, 0.717) is 6.42 Å². The van der Waals surface area contributed by atoms with Crippen molar-refractivity contribution in [2.75, 3.05) is 0 Å². The van der Waals surface area contributed by atoms with Crippen molar-refractivity contribution in [3.05, 3.63) is 36.0 Å². The molecule has 0 bridgehead atoms. The Hall–Kier alpha value is -0.802. The summed E-state index contributed by atoms with van der Waals surface area (Å²) in [5, 5.41) is 11.0. The molecule has 0 aliphatic rings. The minimum atomic E-state index is -0.975. The second-order valence-electron chi connectivity index (χ2n) is 3.90. The number of aromatic nitrogens is 1. The molecule has 19 heavy (non-hydrogen) atoms. The van der Waals surface area contributed by atoms with Crippen molar-refractivity contribution in [3.8, 4) is 0 Å². The third-order valence-corrected chi connectivity index (χ3v) is 3.60. The van der Waals surface area contributed by atoms with E-state index in [1.165, 1.54) is 16.9 Å². The Labute approximate surface area is 132 Å². The number of nitrogens with zero attached hydrogens (tertiary/aromatic N) is 1. The van der Waals surface area contributed by atoms with E-state index in [0.717, 1.165) is 20.8 Å². The van der Waals surface area contributed by atoms with Crippen LogP contribution in [0.1, 0.15) is 5.56 Å². The zero-order valence-corrected chi connectivity index (χ0v) is 14.0. The van der Waals surface area contributed by atoms with E-state index in [1.54, 1.807) is 6.20 Å². The average Bonchev–Trinajstić information content (AvgIpc) is 2.30. The summed E-state index contributed by atoms with van der Waals surface area (Å²) in [5.74, 6) is -0.975. The van der Waals surface area contributed by atoms with E-state index < -0.39 is 12.0 Å². The topological polar surface area (TPSA) is 76.2 Å². The Kier molecular flexibility index (Phi) is 7.38. The molecular formula is C12H15AsCl2N2O2. The van der Waals surface area contributed by atoms with Crippen molar-refractivity contribution in [1.29, 1.82) is 0 Å². The van der Waals surface area contributed by atoms with Crippen LogP contribution in [0.15, 0.2) is 30.5 Å². The summed E-state index contributed by atoms with van der Waals surface area (Å²) in [7, 11) is 0. The maximum atomic E-state index is 10.7. The predicted octanol–water partition coefficient (Wildman–Crippen LogP) is 0.291. The first-order valence-electron chi connectivity index (χ1n) is 5.19. The Bertz CT molecular complexity index is 581. The number of hydrogen-bond donors (Lipinski definition) is 2. The SMILES string of the molecule is Cl.Cl.NC(Cc1ccc2ccnc([AsH2])c2c1)C(=O)O. The Morgan fingerprint density at radius 2 is 2.05 bits per heavy atom. The number of halogens is 2. The predicted molar refractivity (Wildman–Crippen MR) is 83.7 cm³/mol. The van der Waals surface area contributed by atoms with Crippen LogP contribution in [0.5, 0.6) is 0 Å². The van der Waals surface area contributed by atoms with E-state index in [2.05, 4.69) is 4.98 Å². The summed E-state index contributed by atoms with van der Waals surface area (Å²) < 4.78 is 1.00. The Morgan fingerprint density at radius 3 is 2.68 bits per heavy atom. The number of carbonyl (C=O) groups is 1. The van der Waals surface area contributed by atoms with Gasteiger partial charge in [-0.25, -0.2) is 0 Å². The van der Waals surface area contributed by atoms with Crippen LogP contribution in [-0.4, -0.2) is 39.0 Å². The molecule has 2 rings (SSSR count). The van der Waals surface area contributed by atoms with Crippen LogP contribution in [0.25, 0.3) is 10.8 Å². The number of nitrogens with two attached hydrogens (primary N) is 1. The maximum absolute atomic E-state index is 10.7. The summed E-state index contributed by atoms with van der Waals surface area (Å²) in [5.41, 5.74) is 6.45. The molecule has 2 atom stereocenters. The first-order chi connectivity index (χ1) is 8.08. The van der Waals surface area contributed by atoms with Crippen LogP contribution in [0.2, 0.25) is 0 Å². The molecule has 0 fully saturated rings. The van der Waals surface area contributed by atoms with Crippen LogP contribution >= 0.6 is 24.8 Å². The molecule has 0 saturated heterocycles. The number of carboxylic acid groups (broad SMARTS) is 1. The molecule has 4 nitrogen and oxygen atoms in total. The molecule has 3 N–H and O–H groups in total. The quantitative estimate of drug-likeness (QED) is 0.767. The fraction of sp³-hybridized carbons (Fsp3) is 0.167. The van der Waals surface area contributed by atoms with E-state index in [4.69, 9.17) is 10.8 Å². The van der Waals surface area contributed by atoms with Crippen molar-refractivity contribution in [1.82, 2.24) is 4.98 Å². The van der Waals surface area contributed by atoms with Crippen LogP contribution < -0.4 is 10.2 Å². The number of benzene rings is 1. The standard InChI is InChI=1S/C12H13AsN2O2.2ClH/c13-11-9-5-7(6-10(14)12(16)17)1-2-8(9)3-4-15-11;;/h1-5,10H,6,13-14H2,(H,16,17);2*1H. The van der Waals surface area contributed by atoms with Gasteiger partial charge >= 0.3 is 107 Å². The zero-order valence-electron chi connectivity index (χ0n) is 9.95. The van der Waals surface area contributed by atoms with Gasteiger partial charge < -0.3 is 0 Å². The number of pyridine rings is 1. The first-order valence-corrected chi connectivity index (χ1v) is 6.40. The van der Waals surface area contributed by atoms with Crippen LogP contribution in [-0.2, 0) is 11.2 Å². The van der Waals surface area contributed by atoms with E-state index in [9.17, 15) is 4.79 Å². The van der Waals surface area contributed by atoms with E-state index in [-0.39, 0.29) is 24.8 Å². The van der Waals surface area contributed by atoms with Gasteiger partial charge in [-0.15, -0.1) is 24.8 Å². The van der Waals surface area contributed by atoms with Gasteiger partial charge in [0.1, 0.15) is 0 Å². The second kappa shape index (κ2) is 7.71. The molecule has 0 aliphatic heterocycles. The monoisotopic (exact) mass is 364 g/mol. The van der Waals surface area contributed by atoms with Crippen LogP contribution in [0, 0.1) is 0 Å². The Balaban J connectivity index is 0.00000162. The molecule has 1 heterocycles. The molecule has 0 aliphatic carbocycles. The normalized spacial score (nSPS) is 11.3. The van der Waals surface area contributed by atoms with Crippen molar-refractivity contribution in [2.45, 2.75) is 12.5 Å². The fourth-order valence-corrected chi connectivity index (χ4v) is 2.41. The first kappa shape index (κ1) is 18.2. The van der Waals surface area contributed by atoms with E-state index in [1.807, 2.05) is 24.3 Å². The Morgan fingerprint density at radius 1 is 1.37 bits per heavy atom. The summed E-state index contributed by atoms with van der Waals surface area (Å²) in [6.07, 6.45) is 2.12. The van der Waals surface area contributed by atoms with Gasteiger partial charge in [0.2, 0.25) is 0 Å². The third kappa shape index (κ3) is 4.36.